The van der Waals surface area contributed by atoms with Gasteiger partial charge < -0.3 is 15.2 Å². The Morgan fingerprint density at radius 3 is 2.52 bits per heavy atom. The summed E-state index contributed by atoms with van der Waals surface area (Å²) in [5.41, 5.74) is 5.01. The number of ether oxygens (including phenoxy) is 2. The molecule has 0 bridgehead atoms. The topological polar surface area (TPSA) is 85.1 Å². The molecule has 2 unspecified atom stereocenters. The normalized spacial score (nSPS) is 26.3. The van der Waals surface area contributed by atoms with Crippen molar-refractivity contribution in [2.75, 3.05) is 18.6 Å². The molecule has 7 nitrogen and oxygen atoms in total. The molecule has 0 spiro atoms. The van der Waals surface area contributed by atoms with Gasteiger partial charge in [-0.1, -0.05) is 30.3 Å². The molecular formula is C20H21N3O4. The van der Waals surface area contributed by atoms with Crippen molar-refractivity contribution in [3.05, 3.63) is 54.1 Å². The molecule has 2 aromatic carbocycles. The minimum absolute atomic E-state index is 0.101. The van der Waals surface area contributed by atoms with Gasteiger partial charge in [-0.3, -0.25) is 4.90 Å². The molecule has 1 saturated heterocycles. The van der Waals surface area contributed by atoms with E-state index in [4.69, 9.17) is 15.2 Å². The van der Waals surface area contributed by atoms with Gasteiger partial charge in [0.05, 0.1) is 19.3 Å². The minimum atomic E-state index is -0.978. The fourth-order valence-electron chi connectivity index (χ4n) is 4.13. The third kappa shape index (κ3) is 2.14. The smallest absolute Gasteiger partial charge is 0.333 e. The molecule has 2 N–H and O–H groups in total. The predicted molar refractivity (Wildman–Crippen MR) is 100.0 cm³/mol. The van der Waals surface area contributed by atoms with Crippen molar-refractivity contribution in [1.82, 2.24) is 4.90 Å². The standard InChI is InChI=1S/C20H21N3O4/c1-19-12-22(17(21)24)18(25)23(19)14-9-5-7-11-16(14)27-20(19,2)13-8-4-6-10-15(13)26-3/h4-11H,12H2,1-3H3,(H2,21,24). The zero-order chi connectivity index (χ0) is 19.4. The van der Waals surface area contributed by atoms with Gasteiger partial charge in [-0.25, -0.2) is 14.5 Å². The molecular weight excluding hydrogens is 346 g/mol. The number of nitrogens with two attached hydrogens (primary N) is 1. The Morgan fingerprint density at radius 1 is 1.15 bits per heavy atom. The number of urea groups is 2. The fourth-order valence-corrected chi connectivity index (χ4v) is 4.13. The molecule has 27 heavy (non-hydrogen) atoms. The van der Waals surface area contributed by atoms with Gasteiger partial charge in [-0.05, 0) is 32.0 Å². The molecule has 0 aliphatic carbocycles. The molecule has 2 heterocycles. The summed E-state index contributed by atoms with van der Waals surface area (Å²) in [6.45, 7) is 3.91. The van der Waals surface area contributed by atoms with Gasteiger partial charge in [0.2, 0.25) is 0 Å². The first-order chi connectivity index (χ1) is 12.8. The lowest BCUT2D eigenvalue weighted by molar-refractivity contribution is 0.00126. The molecule has 0 aromatic heterocycles. The molecule has 0 saturated carbocycles. The van der Waals surface area contributed by atoms with Crippen LogP contribution in [-0.4, -0.2) is 36.2 Å². The zero-order valence-corrected chi connectivity index (χ0v) is 15.4. The number of para-hydroxylation sites is 3. The van der Waals surface area contributed by atoms with Crippen LogP contribution in [0.25, 0.3) is 0 Å². The Labute approximate surface area is 157 Å². The van der Waals surface area contributed by atoms with Gasteiger partial charge in [0.1, 0.15) is 17.0 Å². The summed E-state index contributed by atoms with van der Waals surface area (Å²) in [7, 11) is 1.59. The SMILES string of the molecule is COc1ccccc1C1(C)Oc2ccccc2N2C(=O)N(C(N)=O)CC21C. The molecule has 7 heteroatoms. The first-order valence-electron chi connectivity index (χ1n) is 8.66. The molecule has 0 radical (unpaired) electrons. The number of carbonyl (C=O) groups excluding carboxylic acids is 2. The maximum atomic E-state index is 13.1. The van der Waals surface area contributed by atoms with Gasteiger partial charge in [0.25, 0.3) is 0 Å². The van der Waals surface area contributed by atoms with E-state index in [1.54, 1.807) is 18.1 Å². The van der Waals surface area contributed by atoms with Crippen LogP contribution in [0.2, 0.25) is 0 Å². The van der Waals surface area contributed by atoms with Crippen LogP contribution in [0.15, 0.2) is 48.5 Å². The van der Waals surface area contributed by atoms with E-state index in [9.17, 15) is 9.59 Å². The number of rotatable bonds is 2. The Kier molecular flexibility index (Phi) is 3.59. The number of nitrogens with zero attached hydrogens (tertiary/aromatic N) is 2. The minimum Gasteiger partial charge on any atom is -0.496 e. The number of amides is 4. The number of primary amides is 1. The van der Waals surface area contributed by atoms with Crippen molar-refractivity contribution in [2.45, 2.75) is 25.0 Å². The Bertz CT molecular complexity index is 946. The molecule has 2 aliphatic rings. The van der Waals surface area contributed by atoms with E-state index >= 15 is 0 Å². The van der Waals surface area contributed by atoms with E-state index in [1.807, 2.05) is 56.3 Å². The number of hydrogen-bond acceptors (Lipinski definition) is 4. The molecule has 2 atom stereocenters. The Hall–Kier alpha value is -3.22. The van der Waals surface area contributed by atoms with Gasteiger partial charge in [-0.2, -0.15) is 0 Å². The zero-order valence-electron chi connectivity index (χ0n) is 15.4. The summed E-state index contributed by atoms with van der Waals surface area (Å²) >= 11 is 0. The summed E-state index contributed by atoms with van der Waals surface area (Å²) in [5.74, 6) is 1.20. The molecule has 1 fully saturated rings. The maximum Gasteiger partial charge on any atom is 0.333 e. The van der Waals surface area contributed by atoms with Crippen LogP contribution in [0, 0.1) is 0 Å². The van der Waals surface area contributed by atoms with E-state index < -0.39 is 23.2 Å². The first-order valence-corrected chi connectivity index (χ1v) is 8.66. The van der Waals surface area contributed by atoms with Crippen molar-refractivity contribution >= 4 is 17.7 Å². The largest absolute Gasteiger partial charge is 0.496 e. The Balaban J connectivity index is 1.99. The molecule has 4 rings (SSSR count). The molecule has 2 aromatic rings. The number of carbonyl (C=O) groups is 2. The summed E-state index contributed by atoms with van der Waals surface area (Å²) in [6, 6.07) is 13.6. The van der Waals surface area contributed by atoms with E-state index in [-0.39, 0.29) is 6.54 Å². The van der Waals surface area contributed by atoms with Crippen molar-refractivity contribution in [2.24, 2.45) is 5.73 Å². The van der Waals surface area contributed by atoms with Crippen molar-refractivity contribution in [3.8, 4) is 11.5 Å². The fraction of sp³-hybridized carbons (Fsp3) is 0.300. The second kappa shape index (κ2) is 5.64. The van der Waals surface area contributed by atoms with E-state index in [0.29, 0.717) is 17.2 Å². The maximum absolute atomic E-state index is 13.1. The average Bonchev–Trinajstić information content (AvgIpc) is 2.95. The van der Waals surface area contributed by atoms with Crippen LogP contribution >= 0.6 is 0 Å². The van der Waals surface area contributed by atoms with E-state index in [0.717, 1.165) is 10.5 Å². The third-order valence-corrected chi connectivity index (χ3v) is 5.72. The highest BCUT2D eigenvalue weighted by atomic mass is 16.5. The number of benzene rings is 2. The first kappa shape index (κ1) is 17.2. The summed E-state index contributed by atoms with van der Waals surface area (Å²) in [4.78, 5) is 27.7. The van der Waals surface area contributed by atoms with Crippen LogP contribution < -0.4 is 20.1 Å². The van der Waals surface area contributed by atoms with Gasteiger partial charge in [0, 0.05) is 5.56 Å². The molecule has 2 aliphatic heterocycles. The molecule has 4 amide bonds. The summed E-state index contributed by atoms with van der Waals surface area (Å²) in [5, 5.41) is 0. The average molecular weight is 367 g/mol. The van der Waals surface area contributed by atoms with Crippen molar-refractivity contribution in [3.63, 3.8) is 0 Å². The van der Waals surface area contributed by atoms with Crippen LogP contribution in [0.4, 0.5) is 15.3 Å². The lowest BCUT2D eigenvalue weighted by Crippen LogP contribution is -2.64. The lowest BCUT2D eigenvalue weighted by Gasteiger charge is -2.52. The second-order valence-corrected chi connectivity index (χ2v) is 7.12. The third-order valence-electron chi connectivity index (χ3n) is 5.72. The monoisotopic (exact) mass is 367 g/mol. The quantitative estimate of drug-likeness (QED) is 0.884. The van der Waals surface area contributed by atoms with Crippen molar-refractivity contribution in [1.29, 1.82) is 0 Å². The predicted octanol–water partition coefficient (Wildman–Crippen LogP) is 3.08. The number of anilines is 1. The van der Waals surface area contributed by atoms with Gasteiger partial charge in [-0.15, -0.1) is 0 Å². The van der Waals surface area contributed by atoms with Crippen LogP contribution in [-0.2, 0) is 5.60 Å². The van der Waals surface area contributed by atoms with E-state index in [2.05, 4.69) is 0 Å². The Morgan fingerprint density at radius 2 is 1.81 bits per heavy atom. The highest BCUT2D eigenvalue weighted by Crippen LogP contribution is 2.54. The van der Waals surface area contributed by atoms with Gasteiger partial charge in [0.15, 0.2) is 5.60 Å². The van der Waals surface area contributed by atoms with Gasteiger partial charge >= 0.3 is 12.1 Å². The molecule has 140 valence electrons. The lowest BCUT2D eigenvalue weighted by atomic mass is 9.74. The highest BCUT2D eigenvalue weighted by Gasteiger charge is 2.64. The van der Waals surface area contributed by atoms with Crippen LogP contribution in [0.5, 0.6) is 11.5 Å². The second-order valence-electron chi connectivity index (χ2n) is 7.12. The number of imide groups is 1. The summed E-state index contributed by atoms with van der Waals surface area (Å²) < 4.78 is 12.0. The number of methoxy groups -OCH3 is 1. The number of hydrogen-bond donors (Lipinski definition) is 1. The van der Waals surface area contributed by atoms with Crippen LogP contribution in [0.3, 0.4) is 0 Å². The van der Waals surface area contributed by atoms with E-state index in [1.165, 1.54) is 0 Å². The van der Waals surface area contributed by atoms with Crippen LogP contribution in [0.1, 0.15) is 19.4 Å². The summed E-state index contributed by atoms with van der Waals surface area (Å²) in [6.07, 6.45) is 0. The number of fused-ring (bicyclic) bond motifs is 3. The van der Waals surface area contributed by atoms with Crippen molar-refractivity contribution < 1.29 is 19.1 Å². The highest BCUT2D eigenvalue weighted by molar-refractivity contribution is 6.06.